The van der Waals surface area contributed by atoms with E-state index in [-0.39, 0.29) is 23.0 Å². The molecule has 4 rings (SSSR count). The van der Waals surface area contributed by atoms with Gasteiger partial charge in [0.25, 0.3) is 0 Å². The molecule has 2 aliphatic carbocycles. The highest BCUT2D eigenvalue weighted by molar-refractivity contribution is 7.90. The van der Waals surface area contributed by atoms with Crippen LogP contribution in [0, 0.1) is 17.8 Å². The summed E-state index contributed by atoms with van der Waals surface area (Å²) >= 11 is 0. The highest BCUT2D eigenvalue weighted by Gasteiger charge is 2.52. The van der Waals surface area contributed by atoms with Crippen LogP contribution in [-0.2, 0) is 14.8 Å². The van der Waals surface area contributed by atoms with E-state index in [9.17, 15) is 13.2 Å². The largest absolute Gasteiger partial charge is 0.342 e. The lowest BCUT2D eigenvalue weighted by Crippen LogP contribution is -2.37. The summed E-state index contributed by atoms with van der Waals surface area (Å²) in [5.74, 6) is 1.09. The number of hydrogen-bond acceptors (Lipinski definition) is 3. The number of amides is 1. The zero-order valence-electron chi connectivity index (χ0n) is 11.0. The highest BCUT2D eigenvalue weighted by Crippen LogP contribution is 2.40. The molecule has 2 aliphatic heterocycles. The first-order valence-electron chi connectivity index (χ1n) is 7.33. The standard InChI is InChI=1S/C13H20N2O3S/c16-13-12-8-15(19(17,18)11-3-4-11)7-10(12)6-14(13)5-9-1-2-9/h9-12H,1-8H2/t10-,12+/m1/s1. The lowest BCUT2D eigenvalue weighted by molar-refractivity contribution is -0.131. The van der Waals surface area contributed by atoms with Gasteiger partial charge in [-0.05, 0) is 31.6 Å². The molecule has 106 valence electrons. The van der Waals surface area contributed by atoms with Crippen molar-refractivity contribution in [2.75, 3.05) is 26.2 Å². The molecule has 2 saturated carbocycles. The summed E-state index contributed by atoms with van der Waals surface area (Å²) in [7, 11) is -3.10. The van der Waals surface area contributed by atoms with E-state index in [1.165, 1.54) is 12.8 Å². The monoisotopic (exact) mass is 284 g/mol. The molecule has 4 fully saturated rings. The third-order valence-electron chi connectivity index (χ3n) is 4.97. The third-order valence-corrected chi connectivity index (χ3v) is 7.30. The maximum atomic E-state index is 12.3. The summed E-state index contributed by atoms with van der Waals surface area (Å²) in [6, 6.07) is 0. The van der Waals surface area contributed by atoms with Crippen LogP contribution in [0.2, 0.25) is 0 Å². The minimum atomic E-state index is -3.10. The fraction of sp³-hybridized carbons (Fsp3) is 0.923. The van der Waals surface area contributed by atoms with Gasteiger partial charge in [-0.15, -0.1) is 0 Å². The van der Waals surface area contributed by atoms with Gasteiger partial charge < -0.3 is 4.90 Å². The Morgan fingerprint density at radius 2 is 1.79 bits per heavy atom. The van der Waals surface area contributed by atoms with Gasteiger partial charge in [0.2, 0.25) is 15.9 Å². The number of carbonyl (C=O) groups excluding carboxylic acids is 1. The number of fused-ring (bicyclic) bond motifs is 1. The Hall–Kier alpha value is -0.620. The third kappa shape index (κ3) is 2.00. The molecule has 0 bridgehead atoms. The van der Waals surface area contributed by atoms with Crippen molar-refractivity contribution in [3.63, 3.8) is 0 Å². The van der Waals surface area contributed by atoms with Gasteiger partial charge in [0.05, 0.1) is 11.2 Å². The first-order chi connectivity index (χ1) is 9.05. The Bertz CT molecular complexity index is 510. The van der Waals surface area contributed by atoms with Gasteiger partial charge in [0.1, 0.15) is 0 Å². The normalized spacial score (nSPS) is 36.0. The Morgan fingerprint density at radius 1 is 1.05 bits per heavy atom. The van der Waals surface area contributed by atoms with Crippen LogP contribution < -0.4 is 0 Å². The first kappa shape index (κ1) is 12.1. The van der Waals surface area contributed by atoms with E-state index in [1.54, 1.807) is 4.31 Å². The maximum absolute atomic E-state index is 12.3. The average Bonchev–Trinajstić information content (AvgIpc) is 3.24. The van der Waals surface area contributed by atoms with Gasteiger partial charge in [-0.1, -0.05) is 0 Å². The molecule has 0 aromatic heterocycles. The fourth-order valence-electron chi connectivity index (χ4n) is 3.47. The molecule has 2 heterocycles. The molecule has 6 heteroatoms. The molecule has 2 atom stereocenters. The second kappa shape index (κ2) is 3.95. The quantitative estimate of drug-likeness (QED) is 0.745. The summed E-state index contributed by atoms with van der Waals surface area (Å²) in [4.78, 5) is 14.3. The van der Waals surface area contributed by atoms with Crippen LogP contribution in [0.5, 0.6) is 0 Å². The van der Waals surface area contributed by atoms with Crippen molar-refractivity contribution in [2.45, 2.75) is 30.9 Å². The second-order valence-electron chi connectivity index (χ2n) is 6.61. The van der Waals surface area contributed by atoms with Crippen LogP contribution in [0.15, 0.2) is 0 Å². The Morgan fingerprint density at radius 3 is 2.37 bits per heavy atom. The van der Waals surface area contributed by atoms with Crippen molar-refractivity contribution in [2.24, 2.45) is 17.8 Å². The van der Waals surface area contributed by atoms with Crippen LogP contribution in [0.3, 0.4) is 0 Å². The van der Waals surface area contributed by atoms with E-state index in [1.807, 2.05) is 4.90 Å². The maximum Gasteiger partial charge on any atom is 0.227 e. The van der Waals surface area contributed by atoms with Gasteiger partial charge >= 0.3 is 0 Å². The molecule has 0 spiro atoms. The molecule has 0 N–H and O–H groups in total. The molecule has 1 amide bonds. The minimum absolute atomic E-state index is 0.0627. The molecule has 19 heavy (non-hydrogen) atoms. The lowest BCUT2D eigenvalue weighted by atomic mass is 10.0. The number of sulfonamides is 1. The highest BCUT2D eigenvalue weighted by atomic mass is 32.2. The summed E-state index contributed by atoms with van der Waals surface area (Å²) in [6.07, 6.45) is 4.11. The zero-order chi connectivity index (χ0) is 13.2. The van der Waals surface area contributed by atoms with E-state index in [0.717, 1.165) is 25.9 Å². The van der Waals surface area contributed by atoms with Crippen molar-refractivity contribution >= 4 is 15.9 Å². The average molecular weight is 284 g/mol. The zero-order valence-corrected chi connectivity index (χ0v) is 11.8. The molecule has 2 saturated heterocycles. The van der Waals surface area contributed by atoms with Crippen LogP contribution >= 0.6 is 0 Å². The molecule has 0 radical (unpaired) electrons. The number of carbonyl (C=O) groups is 1. The van der Waals surface area contributed by atoms with Crippen LogP contribution in [0.25, 0.3) is 0 Å². The van der Waals surface area contributed by atoms with Crippen LogP contribution in [0.4, 0.5) is 0 Å². The van der Waals surface area contributed by atoms with E-state index >= 15 is 0 Å². The Labute approximate surface area is 114 Å². The van der Waals surface area contributed by atoms with E-state index in [0.29, 0.717) is 19.0 Å². The summed E-state index contributed by atoms with van der Waals surface area (Å²) < 4.78 is 26.0. The lowest BCUT2D eigenvalue weighted by Gasteiger charge is -2.21. The first-order valence-corrected chi connectivity index (χ1v) is 8.84. The summed E-state index contributed by atoms with van der Waals surface area (Å²) in [6.45, 7) is 2.68. The molecule has 5 nitrogen and oxygen atoms in total. The van der Waals surface area contributed by atoms with Crippen molar-refractivity contribution in [3.8, 4) is 0 Å². The van der Waals surface area contributed by atoms with Crippen LogP contribution in [-0.4, -0.2) is 55.0 Å². The molecule has 0 aromatic rings. The summed E-state index contributed by atoms with van der Waals surface area (Å²) in [5, 5.41) is -0.149. The van der Waals surface area contributed by atoms with Crippen molar-refractivity contribution in [1.82, 2.24) is 9.21 Å². The van der Waals surface area contributed by atoms with Gasteiger partial charge in [0.15, 0.2) is 0 Å². The molecular weight excluding hydrogens is 264 g/mol. The van der Waals surface area contributed by atoms with Gasteiger partial charge in [-0.2, -0.15) is 0 Å². The topological polar surface area (TPSA) is 57.7 Å². The van der Waals surface area contributed by atoms with Crippen LogP contribution in [0.1, 0.15) is 25.7 Å². The molecule has 4 aliphatic rings. The number of hydrogen-bond donors (Lipinski definition) is 0. The fourth-order valence-corrected chi connectivity index (χ4v) is 5.39. The van der Waals surface area contributed by atoms with E-state index in [4.69, 9.17) is 0 Å². The minimum Gasteiger partial charge on any atom is -0.342 e. The van der Waals surface area contributed by atoms with E-state index in [2.05, 4.69) is 0 Å². The molecular formula is C13H20N2O3S. The van der Waals surface area contributed by atoms with Gasteiger partial charge in [-0.3, -0.25) is 4.79 Å². The van der Waals surface area contributed by atoms with Crippen molar-refractivity contribution < 1.29 is 13.2 Å². The summed E-state index contributed by atoms with van der Waals surface area (Å²) in [5.41, 5.74) is 0. The van der Waals surface area contributed by atoms with Crippen molar-refractivity contribution in [1.29, 1.82) is 0 Å². The molecule has 0 aromatic carbocycles. The number of rotatable bonds is 4. The van der Waals surface area contributed by atoms with Gasteiger partial charge in [0, 0.05) is 32.1 Å². The predicted molar refractivity (Wildman–Crippen MR) is 69.8 cm³/mol. The second-order valence-corrected chi connectivity index (χ2v) is 8.83. The number of likely N-dealkylation sites (tertiary alicyclic amines) is 1. The van der Waals surface area contributed by atoms with E-state index < -0.39 is 10.0 Å². The van der Waals surface area contributed by atoms with Gasteiger partial charge in [-0.25, -0.2) is 12.7 Å². The number of nitrogens with zero attached hydrogens (tertiary/aromatic N) is 2. The SMILES string of the molecule is O=C1[C@H]2CN(S(=O)(=O)C3CC3)C[C@H]2CN1CC1CC1. The Kier molecular flexibility index (Phi) is 2.52. The molecule has 0 unspecified atom stereocenters. The van der Waals surface area contributed by atoms with Crippen molar-refractivity contribution in [3.05, 3.63) is 0 Å². The smallest absolute Gasteiger partial charge is 0.227 e. The predicted octanol–water partition coefficient (Wildman–Crippen LogP) is 0.279. The Balaban J connectivity index is 1.45.